The molecular formula is C15H20N4O5. The number of nitrogens with one attached hydrogen (secondary N) is 2. The van der Waals surface area contributed by atoms with Crippen molar-refractivity contribution in [3.05, 3.63) is 39.9 Å². The lowest BCUT2D eigenvalue weighted by molar-refractivity contribution is -0.384. The highest BCUT2D eigenvalue weighted by atomic mass is 16.6. The number of non-ortho nitro benzene ring substituents is 1. The molecule has 1 aromatic rings. The summed E-state index contributed by atoms with van der Waals surface area (Å²) in [5, 5.41) is 16.6. The molecule has 0 bridgehead atoms. The number of benzene rings is 1. The zero-order valence-corrected chi connectivity index (χ0v) is 13.5. The van der Waals surface area contributed by atoms with Gasteiger partial charge in [0.15, 0.2) is 0 Å². The van der Waals surface area contributed by atoms with E-state index >= 15 is 0 Å². The van der Waals surface area contributed by atoms with Gasteiger partial charge in [0, 0.05) is 25.3 Å². The van der Waals surface area contributed by atoms with Crippen molar-refractivity contribution in [3.63, 3.8) is 0 Å². The molecule has 130 valence electrons. The lowest BCUT2D eigenvalue weighted by Crippen LogP contribution is -2.38. The molecular weight excluding hydrogens is 316 g/mol. The van der Waals surface area contributed by atoms with Crippen molar-refractivity contribution < 1.29 is 19.2 Å². The second-order valence-electron chi connectivity index (χ2n) is 5.08. The number of hydrogen-bond acceptors (Lipinski definition) is 6. The first-order valence-electron chi connectivity index (χ1n) is 7.37. The predicted octanol–water partition coefficient (Wildman–Crippen LogP) is 0.976. The van der Waals surface area contributed by atoms with Gasteiger partial charge in [0.05, 0.1) is 17.2 Å². The Morgan fingerprint density at radius 1 is 1.29 bits per heavy atom. The minimum atomic E-state index is -0.891. The Balaban J connectivity index is 2.31. The van der Waals surface area contributed by atoms with E-state index in [-0.39, 0.29) is 11.8 Å². The van der Waals surface area contributed by atoms with E-state index < -0.39 is 16.7 Å². The standard InChI is InChI=1S/C15H20N4O5/c1-11(2)24-9-3-8-16-14(20)15(21)18-17-10-12-4-6-13(7-5-12)19(22)23/h4-7,10-11H,3,8-9H2,1-2H3,(H,16,20)(H,18,21)/b17-10+. The number of nitrogens with zero attached hydrogens (tertiary/aromatic N) is 2. The van der Waals surface area contributed by atoms with Crippen molar-refractivity contribution in [2.75, 3.05) is 13.2 Å². The van der Waals surface area contributed by atoms with Crippen molar-refractivity contribution in [2.24, 2.45) is 5.10 Å². The van der Waals surface area contributed by atoms with Crippen molar-refractivity contribution in [2.45, 2.75) is 26.4 Å². The fourth-order valence-electron chi connectivity index (χ4n) is 1.57. The molecule has 0 radical (unpaired) electrons. The highest BCUT2D eigenvalue weighted by Crippen LogP contribution is 2.10. The molecule has 1 rings (SSSR count). The summed E-state index contributed by atoms with van der Waals surface area (Å²) < 4.78 is 5.30. The Labute approximate surface area is 139 Å². The normalized spacial score (nSPS) is 10.8. The van der Waals surface area contributed by atoms with Crippen LogP contribution < -0.4 is 10.7 Å². The molecule has 0 saturated heterocycles. The smallest absolute Gasteiger partial charge is 0.329 e. The summed E-state index contributed by atoms with van der Waals surface area (Å²) in [6.45, 7) is 4.65. The third-order valence-corrected chi connectivity index (χ3v) is 2.75. The van der Waals surface area contributed by atoms with Crippen molar-refractivity contribution in [1.82, 2.24) is 10.7 Å². The molecule has 9 heteroatoms. The van der Waals surface area contributed by atoms with E-state index in [4.69, 9.17) is 4.74 Å². The van der Waals surface area contributed by atoms with Gasteiger partial charge in [-0.1, -0.05) is 0 Å². The van der Waals surface area contributed by atoms with Crippen molar-refractivity contribution >= 4 is 23.7 Å². The first-order chi connectivity index (χ1) is 11.4. The Morgan fingerprint density at radius 3 is 2.54 bits per heavy atom. The van der Waals surface area contributed by atoms with Crippen molar-refractivity contribution in [3.8, 4) is 0 Å². The maximum atomic E-state index is 11.5. The van der Waals surface area contributed by atoms with Gasteiger partial charge < -0.3 is 10.1 Å². The number of carbonyl (C=O) groups excluding carboxylic acids is 2. The molecule has 0 saturated carbocycles. The van der Waals surface area contributed by atoms with Gasteiger partial charge in [-0.25, -0.2) is 5.43 Å². The van der Waals surface area contributed by atoms with Gasteiger partial charge in [-0.2, -0.15) is 5.10 Å². The summed E-state index contributed by atoms with van der Waals surface area (Å²) in [4.78, 5) is 33.0. The minimum Gasteiger partial charge on any atom is -0.379 e. The largest absolute Gasteiger partial charge is 0.379 e. The van der Waals surface area contributed by atoms with E-state index in [0.717, 1.165) is 0 Å². The number of nitro groups is 1. The summed E-state index contributed by atoms with van der Waals surface area (Å²) in [5.41, 5.74) is 2.58. The van der Waals surface area contributed by atoms with E-state index in [2.05, 4.69) is 15.8 Å². The molecule has 0 aliphatic heterocycles. The third-order valence-electron chi connectivity index (χ3n) is 2.75. The number of ether oxygens (including phenoxy) is 1. The number of carbonyl (C=O) groups is 2. The van der Waals surface area contributed by atoms with Crippen LogP contribution in [0, 0.1) is 10.1 Å². The number of amides is 2. The second kappa shape index (κ2) is 10.1. The molecule has 9 nitrogen and oxygen atoms in total. The van der Waals surface area contributed by atoms with E-state index in [0.29, 0.717) is 25.1 Å². The van der Waals surface area contributed by atoms with E-state index in [1.807, 2.05) is 13.8 Å². The number of nitro benzene ring substituents is 1. The van der Waals surface area contributed by atoms with Crippen LogP contribution in [-0.2, 0) is 14.3 Å². The highest BCUT2D eigenvalue weighted by molar-refractivity contribution is 6.35. The first-order valence-corrected chi connectivity index (χ1v) is 7.37. The Bertz CT molecular complexity index is 598. The molecule has 1 aromatic carbocycles. The molecule has 0 aliphatic carbocycles. The minimum absolute atomic E-state index is 0.0444. The Hall–Kier alpha value is -2.81. The van der Waals surface area contributed by atoms with Gasteiger partial charge in [-0.3, -0.25) is 19.7 Å². The average molecular weight is 336 g/mol. The molecule has 0 fully saturated rings. The van der Waals surface area contributed by atoms with Gasteiger partial charge >= 0.3 is 11.8 Å². The molecule has 0 unspecified atom stereocenters. The molecule has 0 heterocycles. The Morgan fingerprint density at radius 2 is 1.96 bits per heavy atom. The van der Waals surface area contributed by atoms with Crippen LogP contribution in [0.25, 0.3) is 0 Å². The predicted molar refractivity (Wildman–Crippen MR) is 87.5 cm³/mol. The van der Waals surface area contributed by atoms with Crippen LogP contribution in [0.4, 0.5) is 5.69 Å². The van der Waals surface area contributed by atoms with E-state index in [9.17, 15) is 19.7 Å². The highest BCUT2D eigenvalue weighted by Gasteiger charge is 2.11. The van der Waals surface area contributed by atoms with Crippen molar-refractivity contribution in [1.29, 1.82) is 0 Å². The lowest BCUT2D eigenvalue weighted by Gasteiger charge is -2.07. The summed E-state index contributed by atoms with van der Waals surface area (Å²) in [6.07, 6.45) is 2.01. The Kier molecular flexibility index (Phi) is 8.06. The quantitative estimate of drug-likeness (QED) is 0.241. The molecule has 2 N–H and O–H groups in total. The monoisotopic (exact) mass is 336 g/mol. The van der Waals surface area contributed by atoms with Gasteiger partial charge in [0.25, 0.3) is 5.69 Å². The van der Waals surface area contributed by atoms with E-state index in [1.54, 1.807) is 0 Å². The molecule has 0 atom stereocenters. The first kappa shape index (κ1) is 19.2. The molecule has 24 heavy (non-hydrogen) atoms. The number of hydrazone groups is 1. The van der Waals surface area contributed by atoms with Crippen LogP contribution in [0.3, 0.4) is 0 Å². The van der Waals surface area contributed by atoms with Gasteiger partial charge in [-0.05, 0) is 38.0 Å². The fourth-order valence-corrected chi connectivity index (χ4v) is 1.57. The lowest BCUT2D eigenvalue weighted by atomic mass is 10.2. The van der Waals surface area contributed by atoms with Gasteiger partial charge in [-0.15, -0.1) is 0 Å². The average Bonchev–Trinajstić information content (AvgIpc) is 2.54. The van der Waals surface area contributed by atoms with Crippen LogP contribution >= 0.6 is 0 Å². The summed E-state index contributed by atoms with van der Waals surface area (Å²) in [6, 6.07) is 5.58. The third kappa shape index (κ3) is 7.45. The van der Waals surface area contributed by atoms with Crippen LogP contribution in [0.5, 0.6) is 0 Å². The van der Waals surface area contributed by atoms with Crippen LogP contribution in [0.2, 0.25) is 0 Å². The molecule has 0 aromatic heterocycles. The molecule has 0 spiro atoms. The zero-order chi connectivity index (χ0) is 17.9. The van der Waals surface area contributed by atoms with Crippen LogP contribution in [-0.4, -0.2) is 42.2 Å². The zero-order valence-electron chi connectivity index (χ0n) is 13.5. The summed E-state index contributed by atoms with van der Waals surface area (Å²) in [5.74, 6) is -1.68. The molecule has 2 amide bonds. The number of rotatable bonds is 8. The maximum absolute atomic E-state index is 11.5. The van der Waals surface area contributed by atoms with Gasteiger partial charge in [0.1, 0.15) is 0 Å². The topological polar surface area (TPSA) is 123 Å². The SMILES string of the molecule is CC(C)OCCCNC(=O)C(=O)N/N=C/c1ccc([N+](=O)[O-])cc1. The summed E-state index contributed by atoms with van der Waals surface area (Å²) in [7, 11) is 0. The van der Waals surface area contributed by atoms with Crippen LogP contribution in [0.1, 0.15) is 25.8 Å². The van der Waals surface area contributed by atoms with Crippen LogP contribution in [0.15, 0.2) is 29.4 Å². The maximum Gasteiger partial charge on any atom is 0.329 e. The van der Waals surface area contributed by atoms with E-state index in [1.165, 1.54) is 30.5 Å². The van der Waals surface area contributed by atoms with Gasteiger partial charge in [0.2, 0.25) is 0 Å². The fraction of sp³-hybridized carbons (Fsp3) is 0.400. The molecule has 0 aliphatic rings. The number of hydrogen-bond donors (Lipinski definition) is 2. The second-order valence-corrected chi connectivity index (χ2v) is 5.08. The summed E-state index contributed by atoms with van der Waals surface area (Å²) >= 11 is 0.